The SMILES string of the molecule is CC(C)C(CN(C)C)NS(=O)(=O)c1cnn(CCO)c1. The summed E-state index contributed by atoms with van der Waals surface area (Å²) in [5, 5.41) is 12.7. The van der Waals surface area contributed by atoms with E-state index < -0.39 is 10.0 Å². The first-order chi connectivity index (χ1) is 9.26. The predicted octanol–water partition coefficient (Wildman–Crippen LogP) is -0.260. The van der Waals surface area contributed by atoms with E-state index in [2.05, 4.69) is 9.82 Å². The molecule has 116 valence electrons. The Labute approximate surface area is 120 Å². The van der Waals surface area contributed by atoms with Crippen LogP contribution in [-0.4, -0.2) is 61.5 Å². The van der Waals surface area contributed by atoms with E-state index in [9.17, 15) is 8.42 Å². The van der Waals surface area contributed by atoms with Gasteiger partial charge in [-0.2, -0.15) is 5.10 Å². The smallest absolute Gasteiger partial charge is 0.243 e. The number of hydrogen-bond donors (Lipinski definition) is 2. The van der Waals surface area contributed by atoms with Crippen LogP contribution in [0, 0.1) is 5.92 Å². The molecule has 1 heterocycles. The van der Waals surface area contributed by atoms with Crippen molar-refractivity contribution in [1.82, 2.24) is 19.4 Å². The lowest BCUT2D eigenvalue weighted by molar-refractivity contribution is 0.269. The van der Waals surface area contributed by atoms with Gasteiger partial charge in [-0.05, 0) is 20.0 Å². The Morgan fingerprint density at radius 3 is 2.60 bits per heavy atom. The molecule has 0 saturated carbocycles. The van der Waals surface area contributed by atoms with Gasteiger partial charge < -0.3 is 10.0 Å². The van der Waals surface area contributed by atoms with Crippen LogP contribution in [0.5, 0.6) is 0 Å². The van der Waals surface area contributed by atoms with Crippen molar-refractivity contribution in [3.05, 3.63) is 12.4 Å². The van der Waals surface area contributed by atoms with E-state index in [1.54, 1.807) is 0 Å². The number of nitrogens with zero attached hydrogens (tertiary/aromatic N) is 3. The number of aliphatic hydroxyl groups excluding tert-OH is 1. The minimum Gasteiger partial charge on any atom is -0.394 e. The van der Waals surface area contributed by atoms with Crippen LogP contribution in [0.4, 0.5) is 0 Å². The van der Waals surface area contributed by atoms with Crippen LogP contribution in [0.15, 0.2) is 17.3 Å². The summed E-state index contributed by atoms with van der Waals surface area (Å²) in [5.41, 5.74) is 0. The Balaban J connectivity index is 2.85. The van der Waals surface area contributed by atoms with Crippen molar-refractivity contribution in [2.75, 3.05) is 27.2 Å². The number of aromatic nitrogens is 2. The molecule has 7 nitrogen and oxygen atoms in total. The van der Waals surface area contributed by atoms with Gasteiger partial charge in [0.1, 0.15) is 4.90 Å². The van der Waals surface area contributed by atoms with E-state index in [0.29, 0.717) is 6.54 Å². The molecule has 0 spiro atoms. The summed E-state index contributed by atoms with van der Waals surface area (Å²) < 4.78 is 28.7. The number of likely N-dealkylation sites (N-methyl/N-ethyl adjacent to an activating group) is 1. The van der Waals surface area contributed by atoms with E-state index >= 15 is 0 Å². The third kappa shape index (κ3) is 4.86. The Bertz CT molecular complexity index is 511. The van der Waals surface area contributed by atoms with Gasteiger partial charge in [-0.3, -0.25) is 4.68 Å². The molecule has 8 heteroatoms. The Morgan fingerprint density at radius 2 is 2.10 bits per heavy atom. The minimum absolute atomic E-state index is 0.0795. The summed E-state index contributed by atoms with van der Waals surface area (Å²) in [6.45, 7) is 4.78. The van der Waals surface area contributed by atoms with Gasteiger partial charge in [-0.15, -0.1) is 0 Å². The van der Waals surface area contributed by atoms with Crippen molar-refractivity contribution >= 4 is 10.0 Å². The van der Waals surface area contributed by atoms with Gasteiger partial charge in [0.15, 0.2) is 0 Å². The normalized spacial score (nSPS) is 14.2. The first-order valence-corrected chi connectivity index (χ1v) is 8.05. The maximum absolute atomic E-state index is 12.3. The van der Waals surface area contributed by atoms with E-state index in [-0.39, 0.29) is 30.0 Å². The quantitative estimate of drug-likeness (QED) is 0.691. The molecule has 0 saturated heterocycles. The van der Waals surface area contributed by atoms with E-state index in [4.69, 9.17) is 5.11 Å². The largest absolute Gasteiger partial charge is 0.394 e. The molecule has 1 aromatic rings. The van der Waals surface area contributed by atoms with Crippen molar-refractivity contribution in [1.29, 1.82) is 0 Å². The average Bonchev–Trinajstić information content (AvgIpc) is 2.77. The maximum Gasteiger partial charge on any atom is 0.243 e. The monoisotopic (exact) mass is 304 g/mol. The van der Waals surface area contributed by atoms with E-state index in [1.165, 1.54) is 17.1 Å². The predicted molar refractivity (Wildman–Crippen MR) is 76.8 cm³/mol. The molecule has 20 heavy (non-hydrogen) atoms. The molecular weight excluding hydrogens is 280 g/mol. The van der Waals surface area contributed by atoms with Gasteiger partial charge in [0.05, 0.1) is 19.3 Å². The lowest BCUT2D eigenvalue weighted by Crippen LogP contribution is -2.44. The second-order valence-corrected chi connectivity index (χ2v) is 7.11. The standard InChI is InChI=1S/C12H24N4O3S/c1-10(2)12(9-15(3)4)14-20(18,19)11-7-13-16(8-11)5-6-17/h7-8,10,12,14,17H,5-6,9H2,1-4H3. The highest BCUT2D eigenvalue weighted by atomic mass is 32.2. The number of nitrogens with one attached hydrogen (secondary N) is 1. The molecule has 0 aliphatic rings. The first kappa shape index (κ1) is 17.1. The van der Waals surface area contributed by atoms with Gasteiger partial charge in [0.2, 0.25) is 10.0 Å². The van der Waals surface area contributed by atoms with Gasteiger partial charge in [-0.25, -0.2) is 13.1 Å². The molecule has 2 N–H and O–H groups in total. The van der Waals surface area contributed by atoms with Gasteiger partial charge in [-0.1, -0.05) is 13.8 Å². The topological polar surface area (TPSA) is 87.5 Å². The highest BCUT2D eigenvalue weighted by Crippen LogP contribution is 2.11. The second kappa shape index (κ2) is 7.16. The lowest BCUT2D eigenvalue weighted by atomic mass is 10.1. The number of rotatable bonds is 8. The summed E-state index contributed by atoms with van der Waals surface area (Å²) in [6.07, 6.45) is 2.72. The summed E-state index contributed by atoms with van der Waals surface area (Å²) >= 11 is 0. The van der Waals surface area contributed by atoms with Crippen molar-refractivity contribution < 1.29 is 13.5 Å². The fraction of sp³-hybridized carbons (Fsp3) is 0.750. The summed E-state index contributed by atoms with van der Waals surface area (Å²) in [5.74, 6) is 0.180. The summed E-state index contributed by atoms with van der Waals surface area (Å²) in [7, 11) is 0.222. The fourth-order valence-corrected chi connectivity index (χ4v) is 3.08. The molecule has 0 amide bonds. The van der Waals surface area contributed by atoms with Crippen molar-refractivity contribution in [3.8, 4) is 0 Å². The Hall–Kier alpha value is -0.960. The number of aliphatic hydroxyl groups is 1. The molecule has 1 atom stereocenters. The number of hydrogen-bond acceptors (Lipinski definition) is 5. The van der Waals surface area contributed by atoms with Crippen LogP contribution in [0.2, 0.25) is 0 Å². The third-order valence-corrected chi connectivity index (χ3v) is 4.37. The zero-order chi connectivity index (χ0) is 15.3. The zero-order valence-electron chi connectivity index (χ0n) is 12.4. The Morgan fingerprint density at radius 1 is 1.45 bits per heavy atom. The van der Waals surface area contributed by atoms with Crippen molar-refractivity contribution in [2.45, 2.75) is 31.3 Å². The molecule has 0 bridgehead atoms. The van der Waals surface area contributed by atoms with Crippen molar-refractivity contribution in [2.24, 2.45) is 5.92 Å². The molecule has 0 fully saturated rings. The number of sulfonamides is 1. The van der Waals surface area contributed by atoms with Gasteiger partial charge >= 0.3 is 0 Å². The zero-order valence-corrected chi connectivity index (χ0v) is 13.3. The molecule has 1 unspecified atom stereocenters. The minimum atomic E-state index is -3.59. The highest BCUT2D eigenvalue weighted by Gasteiger charge is 2.24. The summed E-state index contributed by atoms with van der Waals surface area (Å²) in [4.78, 5) is 2.07. The van der Waals surface area contributed by atoms with Crippen LogP contribution in [-0.2, 0) is 16.6 Å². The van der Waals surface area contributed by atoms with Crippen molar-refractivity contribution in [3.63, 3.8) is 0 Å². The Kier molecular flexibility index (Phi) is 6.12. The molecular formula is C12H24N4O3S. The van der Waals surface area contributed by atoms with Gasteiger partial charge in [0.25, 0.3) is 0 Å². The van der Waals surface area contributed by atoms with E-state index in [1.807, 2.05) is 32.8 Å². The van der Waals surface area contributed by atoms with Crippen LogP contribution >= 0.6 is 0 Å². The van der Waals surface area contributed by atoms with E-state index in [0.717, 1.165) is 0 Å². The fourth-order valence-electron chi connectivity index (χ4n) is 1.75. The molecule has 0 aliphatic heterocycles. The molecule has 1 aromatic heterocycles. The third-order valence-electron chi connectivity index (χ3n) is 2.92. The molecule has 1 rings (SSSR count). The second-order valence-electron chi connectivity index (χ2n) is 5.40. The van der Waals surface area contributed by atoms with Crippen LogP contribution in [0.3, 0.4) is 0 Å². The van der Waals surface area contributed by atoms with Gasteiger partial charge in [0, 0.05) is 18.8 Å². The van der Waals surface area contributed by atoms with Crippen LogP contribution in [0.1, 0.15) is 13.8 Å². The maximum atomic E-state index is 12.3. The highest BCUT2D eigenvalue weighted by molar-refractivity contribution is 7.89. The van der Waals surface area contributed by atoms with Crippen LogP contribution < -0.4 is 4.72 Å². The first-order valence-electron chi connectivity index (χ1n) is 6.56. The average molecular weight is 304 g/mol. The molecule has 0 radical (unpaired) electrons. The summed E-state index contributed by atoms with van der Waals surface area (Å²) in [6, 6.07) is -0.170. The van der Waals surface area contributed by atoms with Crippen LogP contribution in [0.25, 0.3) is 0 Å². The lowest BCUT2D eigenvalue weighted by Gasteiger charge is -2.25. The molecule has 0 aromatic carbocycles. The molecule has 0 aliphatic carbocycles.